The van der Waals surface area contributed by atoms with Gasteiger partial charge in [0, 0.05) is 25.0 Å². The van der Waals surface area contributed by atoms with Gasteiger partial charge >= 0.3 is 0 Å². The molecule has 5 heteroatoms. The molecule has 0 saturated heterocycles. The first-order valence-corrected chi connectivity index (χ1v) is 5.72. The number of pyridine rings is 2. The second kappa shape index (κ2) is 5.74. The third-order valence-electron chi connectivity index (χ3n) is 2.66. The number of aromatic nitrogens is 2. The normalized spacial score (nSPS) is 9.68. The largest absolute Gasteiger partial charge is 0.310 e. The van der Waals surface area contributed by atoms with Gasteiger partial charge < -0.3 is 4.90 Å². The van der Waals surface area contributed by atoms with Crippen molar-refractivity contribution in [2.75, 3.05) is 11.9 Å². The Bertz CT molecular complexity index is 619. The smallest absolute Gasteiger partial charge is 0.258 e. The fourth-order valence-electron chi connectivity index (χ4n) is 1.65. The van der Waals surface area contributed by atoms with Crippen molar-refractivity contribution in [1.82, 2.24) is 9.97 Å². The molecule has 0 fully saturated rings. The molecule has 19 heavy (non-hydrogen) atoms. The predicted octanol–water partition coefficient (Wildman–Crippen LogP) is 1.82. The summed E-state index contributed by atoms with van der Waals surface area (Å²) in [6.45, 7) is 0. The first kappa shape index (κ1) is 12.7. The highest BCUT2D eigenvalue weighted by Gasteiger charge is 2.14. The summed E-state index contributed by atoms with van der Waals surface area (Å²) in [5, 5.41) is 8.64. The molecule has 0 bridgehead atoms. The molecule has 5 nitrogen and oxygen atoms in total. The molecule has 94 valence electrons. The Labute approximate surface area is 111 Å². The Kier molecular flexibility index (Phi) is 3.84. The average molecular weight is 252 g/mol. The van der Waals surface area contributed by atoms with Crippen molar-refractivity contribution >= 4 is 11.6 Å². The van der Waals surface area contributed by atoms with E-state index in [0.717, 1.165) is 0 Å². The van der Waals surface area contributed by atoms with Crippen LogP contribution in [0, 0.1) is 11.3 Å². The minimum atomic E-state index is -0.158. The van der Waals surface area contributed by atoms with Crippen molar-refractivity contribution in [2.45, 2.75) is 6.42 Å². The number of hydrogen-bond donors (Lipinski definition) is 0. The third-order valence-corrected chi connectivity index (χ3v) is 2.66. The Morgan fingerprint density at radius 3 is 2.95 bits per heavy atom. The van der Waals surface area contributed by atoms with Gasteiger partial charge in [-0.05, 0) is 24.3 Å². The molecule has 0 radical (unpaired) electrons. The number of carbonyl (C=O) groups excluding carboxylic acids is 1. The maximum atomic E-state index is 12.3. The van der Waals surface area contributed by atoms with E-state index in [1.807, 2.05) is 12.1 Å². The highest BCUT2D eigenvalue weighted by atomic mass is 16.2. The van der Waals surface area contributed by atoms with Crippen LogP contribution in [0.1, 0.15) is 16.1 Å². The van der Waals surface area contributed by atoms with Crippen LogP contribution in [0.2, 0.25) is 0 Å². The molecule has 2 rings (SSSR count). The summed E-state index contributed by atoms with van der Waals surface area (Å²) >= 11 is 0. The molecular formula is C14H12N4O. The van der Waals surface area contributed by atoms with Crippen LogP contribution in [0.5, 0.6) is 0 Å². The minimum Gasteiger partial charge on any atom is -0.310 e. The number of carbonyl (C=O) groups is 1. The van der Waals surface area contributed by atoms with Crippen LogP contribution in [0.3, 0.4) is 0 Å². The van der Waals surface area contributed by atoms with Crippen molar-refractivity contribution in [3.05, 3.63) is 54.1 Å². The Hall–Kier alpha value is -2.74. The molecule has 0 aliphatic heterocycles. The zero-order valence-corrected chi connectivity index (χ0v) is 10.4. The zero-order chi connectivity index (χ0) is 13.7. The van der Waals surface area contributed by atoms with E-state index in [1.54, 1.807) is 37.6 Å². The molecule has 2 aromatic heterocycles. The van der Waals surface area contributed by atoms with Crippen molar-refractivity contribution in [2.24, 2.45) is 0 Å². The van der Waals surface area contributed by atoms with E-state index < -0.39 is 0 Å². The molecule has 0 aromatic carbocycles. The summed E-state index contributed by atoms with van der Waals surface area (Å²) in [4.78, 5) is 21.8. The van der Waals surface area contributed by atoms with Gasteiger partial charge in [-0.15, -0.1) is 0 Å². The lowest BCUT2D eigenvalue weighted by atomic mass is 10.1. The maximum Gasteiger partial charge on any atom is 0.258 e. The van der Waals surface area contributed by atoms with Crippen LogP contribution in [0.4, 0.5) is 5.69 Å². The number of nitriles is 1. The van der Waals surface area contributed by atoms with E-state index in [1.165, 1.54) is 11.1 Å². The van der Waals surface area contributed by atoms with Crippen molar-refractivity contribution in [3.8, 4) is 6.07 Å². The van der Waals surface area contributed by atoms with E-state index >= 15 is 0 Å². The first-order chi connectivity index (χ1) is 9.22. The third kappa shape index (κ3) is 2.93. The van der Waals surface area contributed by atoms with Crippen molar-refractivity contribution < 1.29 is 4.79 Å². The van der Waals surface area contributed by atoms with Crippen LogP contribution >= 0.6 is 0 Å². The summed E-state index contributed by atoms with van der Waals surface area (Å²) in [5.41, 5.74) is 1.81. The maximum absolute atomic E-state index is 12.3. The van der Waals surface area contributed by atoms with Crippen LogP contribution < -0.4 is 4.90 Å². The van der Waals surface area contributed by atoms with E-state index in [-0.39, 0.29) is 12.3 Å². The molecule has 2 aromatic rings. The summed E-state index contributed by atoms with van der Waals surface area (Å²) in [6.07, 6.45) is 5.00. The minimum absolute atomic E-state index is 0.158. The van der Waals surface area contributed by atoms with Gasteiger partial charge in [0.15, 0.2) is 0 Å². The monoisotopic (exact) mass is 252 g/mol. The zero-order valence-electron chi connectivity index (χ0n) is 10.4. The molecule has 0 saturated carbocycles. The lowest BCUT2D eigenvalue weighted by Crippen LogP contribution is -2.26. The Balaban J connectivity index is 2.25. The fraction of sp³-hybridized carbons (Fsp3) is 0.143. The molecule has 1 amide bonds. The summed E-state index contributed by atoms with van der Waals surface area (Å²) in [5.74, 6) is -0.158. The number of amides is 1. The van der Waals surface area contributed by atoms with E-state index in [0.29, 0.717) is 16.9 Å². The molecular weight excluding hydrogens is 240 g/mol. The highest BCUT2D eigenvalue weighted by Crippen LogP contribution is 2.14. The number of anilines is 1. The number of hydrogen-bond acceptors (Lipinski definition) is 4. The van der Waals surface area contributed by atoms with Crippen LogP contribution in [0.15, 0.2) is 42.9 Å². The van der Waals surface area contributed by atoms with Crippen molar-refractivity contribution in [3.63, 3.8) is 0 Å². The standard InChI is InChI=1S/C14H12N4O/c1-18(13-3-2-7-16-10-13)14(19)11-5-8-17-12(9-11)4-6-15/h2-3,5,7-10H,4H2,1H3. The number of rotatable bonds is 3. The van der Waals surface area contributed by atoms with Gasteiger partial charge in [0.2, 0.25) is 0 Å². The summed E-state index contributed by atoms with van der Waals surface area (Å²) in [7, 11) is 1.68. The van der Waals surface area contributed by atoms with E-state index in [4.69, 9.17) is 5.26 Å². The van der Waals surface area contributed by atoms with Gasteiger partial charge in [0.1, 0.15) is 0 Å². The lowest BCUT2D eigenvalue weighted by Gasteiger charge is -2.16. The molecule has 0 atom stereocenters. The molecule has 2 heterocycles. The second-order valence-electron chi connectivity index (χ2n) is 3.95. The lowest BCUT2D eigenvalue weighted by molar-refractivity contribution is 0.0992. The van der Waals surface area contributed by atoms with E-state index in [2.05, 4.69) is 9.97 Å². The highest BCUT2D eigenvalue weighted by molar-refractivity contribution is 6.05. The van der Waals surface area contributed by atoms with Crippen LogP contribution in [-0.2, 0) is 6.42 Å². The van der Waals surface area contributed by atoms with Gasteiger partial charge in [-0.25, -0.2) is 0 Å². The Morgan fingerprint density at radius 1 is 1.42 bits per heavy atom. The molecule has 0 N–H and O–H groups in total. The molecule has 0 unspecified atom stereocenters. The molecule has 0 aliphatic carbocycles. The quantitative estimate of drug-likeness (QED) is 0.835. The molecule has 0 spiro atoms. The van der Waals surface area contributed by atoms with Gasteiger partial charge in [-0.1, -0.05) is 0 Å². The van der Waals surface area contributed by atoms with Gasteiger partial charge in [0.25, 0.3) is 5.91 Å². The molecule has 0 aliphatic rings. The first-order valence-electron chi connectivity index (χ1n) is 5.72. The number of nitrogens with zero attached hydrogens (tertiary/aromatic N) is 4. The topological polar surface area (TPSA) is 69.9 Å². The average Bonchev–Trinajstić information content (AvgIpc) is 2.47. The summed E-state index contributed by atoms with van der Waals surface area (Å²) in [6, 6.07) is 8.86. The predicted molar refractivity (Wildman–Crippen MR) is 70.5 cm³/mol. The SMILES string of the molecule is CN(C(=O)c1ccnc(CC#N)c1)c1cccnc1. The van der Waals surface area contributed by atoms with E-state index in [9.17, 15) is 4.79 Å². The Morgan fingerprint density at radius 2 is 2.26 bits per heavy atom. The van der Waals surface area contributed by atoms with Gasteiger partial charge in [-0.3, -0.25) is 14.8 Å². The van der Waals surface area contributed by atoms with Crippen molar-refractivity contribution in [1.29, 1.82) is 5.26 Å². The second-order valence-corrected chi connectivity index (χ2v) is 3.95. The summed E-state index contributed by atoms with van der Waals surface area (Å²) < 4.78 is 0. The van der Waals surface area contributed by atoms with Crippen LogP contribution in [0.25, 0.3) is 0 Å². The van der Waals surface area contributed by atoms with Gasteiger partial charge in [-0.2, -0.15) is 5.26 Å². The fourth-order valence-corrected chi connectivity index (χ4v) is 1.65. The van der Waals surface area contributed by atoms with Crippen LogP contribution in [-0.4, -0.2) is 22.9 Å². The van der Waals surface area contributed by atoms with Gasteiger partial charge in [0.05, 0.1) is 30.1 Å².